The first-order chi connectivity index (χ1) is 4.31. The lowest BCUT2D eigenvalue weighted by atomic mass is 10.3. The van der Waals surface area contributed by atoms with Crippen LogP contribution in [-0.2, 0) is 4.43 Å². The molecule has 0 heterocycles. The summed E-state index contributed by atoms with van der Waals surface area (Å²) in [5.74, 6) is 0. The number of carbonyl (C=O) groups is 1. The second-order valence-electron chi connectivity index (χ2n) is 1.77. The molecule has 0 atom stereocenters. The maximum atomic E-state index is 10.4. The van der Waals surface area contributed by atoms with Crippen molar-refractivity contribution in [1.82, 2.24) is 5.32 Å². The van der Waals surface area contributed by atoms with Crippen molar-refractivity contribution in [1.29, 1.82) is 0 Å². The summed E-state index contributed by atoms with van der Waals surface area (Å²) >= 11 is 0. The van der Waals surface area contributed by atoms with Crippen LogP contribution in [0.15, 0.2) is 0 Å². The number of rotatable bonds is 3. The number of hydrogen-bond donors (Lipinski definition) is 1. The Labute approximate surface area is 58.3 Å². The largest absolute Gasteiger partial charge is 0.513 e. The molecule has 0 spiro atoms. The van der Waals surface area contributed by atoms with Crippen molar-refractivity contribution >= 4 is 16.6 Å². The number of hydrogen-bond acceptors (Lipinski definition) is 2. The van der Waals surface area contributed by atoms with Crippen LogP contribution in [0.25, 0.3) is 0 Å². The van der Waals surface area contributed by atoms with Crippen LogP contribution in [0.2, 0.25) is 0 Å². The first-order valence-electron chi connectivity index (χ1n) is 3.13. The van der Waals surface area contributed by atoms with E-state index in [1.807, 2.05) is 0 Å². The van der Waals surface area contributed by atoms with E-state index in [1.54, 1.807) is 0 Å². The van der Waals surface area contributed by atoms with Gasteiger partial charge in [-0.15, -0.1) is 0 Å². The highest BCUT2D eigenvalue weighted by Crippen LogP contribution is 1.82. The molecule has 0 aromatic carbocycles. The quantitative estimate of drug-likeness (QED) is 0.443. The highest BCUT2D eigenvalue weighted by Gasteiger charge is 1.92. The van der Waals surface area contributed by atoms with Gasteiger partial charge in [0.15, 0.2) is 0 Å². The Bertz CT molecular complexity index is 87.0. The minimum Gasteiger partial charge on any atom is -0.513 e. The van der Waals surface area contributed by atoms with Gasteiger partial charge in [-0.2, -0.15) is 0 Å². The van der Waals surface area contributed by atoms with E-state index >= 15 is 0 Å². The van der Waals surface area contributed by atoms with Gasteiger partial charge >= 0.3 is 6.09 Å². The fourth-order valence-corrected chi connectivity index (χ4v) is 0.584. The van der Waals surface area contributed by atoms with Crippen molar-refractivity contribution in [2.24, 2.45) is 0 Å². The Hall–Kier alpha value is -0.513. The summed E-state index contributed by atoms with van der Waals surface area (Å²) in [6.07, 6.45) is 1.84. The van der Waals surface area contributed by atoms with E-state index < -0.39 is 0 Å². The topological polar surface area (TPSA) is 38.3 Å². The van der Waals surface area contributed by atoms with Gasteiger partial charge in [0.25, 0.3) is 0 Å². The van der Waals surface area contributed by atoms with E-state index in [4.69, 9.17) is 0 Å². The molecule has 0 saturated carbocycles. The second-order valence-corrected chi connectivity index (χ2v) is 2.18. The van der Waals surface area contributed by atoms with E-state index in [1.165, 1.54) is 0 Å². The first-order valence-corrected chi connectivity index (χ1v) is 3.94. The summed E-state index contributed by atoms with van der Waals surface area (Å²) in [5.41, 5.74) is 0. The van der Waals surface area contributed by atoms with E-state index in [2.05, 4.69) is 16.7 Å². The van der Waals surface area contributed by atoms with Gasteiger partial charge < -0.3 is 9.74 Å². The van der Waals surface area contributed by atoms with Crippen LogP contribution in [0, 0.1) is 0 Å². The van der Waals surface area contributed by atoms with Crippen LogP contribution in [0.4, 0.5) is 4.79 Å². The van der Waals surface area contributed by atoms with Crippen molar-refractivity contribution < 1.29 is 9.22 Å². The molecule has 0 aliphatic carbocycles. The molecule has 1 N–H and O–H groups in total. The predicted molar refractivity (Wildman–Crippen MR) is 39.3 cm³/mol. The molecule has 0 radical (unpaired) electrons. The third kappa shape index (κ3) is 5.36. The van der Waals surface area contributed by atoms with Crippen molar-refractivity contribution in [2.45, 2.75) is 19.8 Å². The standard InChI is InChI=1S/C5H13NO2Si/c1-2-3-4-6-5(7)8-9/h2-4H2,1,9H3,(H,6,7). The lowest BCUT2D eigenvalue weighted by molar-refractivity contribution is 0.204. The van der Waals surface area contributed by atoms with Crippen LogP contribution >= 0.6 is 0 Å². The minimum atomic E-state index is -0.282. The SMILES string of the molecule is CCCCNC(=O)O[SiH3]. The minimum absolute atomic E-state index is 0.282. The van der Waals surface area contributed by atoms with Crippen molar-refractivity contribution in [3.63, 3.8) is 0 Å². The van der Waals surface area contributed by atoms with E-state index in [0.29, 0.717) is 10.5 Å². The van der Waals surface area contributed by atoms with Gasteiger partial charge in [-0.05, 0) is 6.42 Å². The van der Waals surface area contributed by atoms with Crippen LogP contribution in [0.5, 0.6) is 0 Å². The Morgan fingerprint density at radius 1 is 1.78 bits per heavy atom. The number of amides is 1. The van der Waals surface area contributed by atoms with Crippen LogP contribution in [0.1, 0.15) is 19.8 Å². The summed E-state index contributed by atoms with van der Waals surface area (Å²) < 4.78 is 4.49. The molecule has 4 heteroatoms. The van der Waals surface area contributed by atoms with E-state index in [9.17, 15) is 4.79 Å². The highest BCUT2D eigenvalue weighted by atomic mass is 28.2. The number of unbranched alkanes of at least 4 members (excludes halogenated alkanes) is 1. The van der Waals surface area contributed by atoms with Crippen LogP contribution in [-0.4, -0.2) is 23.1 Å². The average Bonchev–Trinajstić information content (AvgIpc) is 1.89. The highest BCUT2D eigenvalue weighted by molar-refractivity contribution is 6.04. The van der Waals surface area contributed by atoms with Gasteiger partial charge in [0.1, 0.15) is 0 Å². The molecule has 3 nitrogen and oxygen atoms in total. The zero-order valence-electron chi connectivity index (χ0n) is 5.94. The molecule has 0 rings (SSSR count). The molecule has 0 saturated heterocycles. The fraction of sp³-hybridized carbons (Fsp3) is 0.800. The van der Waals surface area contributed by atoms with E-state index in [-0.39, 0.29) is 6.09 Å². The molecule has 0 unspecified atom stereocenters. The Morgan fingerprint density at radius 3 is 2.89 bits per heavy atom. The zero-order chi connectivity index (χ0) is 7.11. The molecule has 0 aliphatic rings. The smallest absolute Gasteiger partial charge is 0.392 e. The first kappa shape index (κ1) is 8.49. The molecular weight excluding hydrogens is 134 g/mol. The fourth-order valence-electron chi connectivity index (χ4n) is 0.439. The molecule has 0 aliphatic heterocycles. The molecular formula is C5H13NO2Si. The molecule has 1 amide bonds. The van der Waals surface area contributed by atoms with Gasteiger partial charge in [0.2, 0.25) is 10.5 Å². The van der Waals surface area contributed by atoms with Crippen molar-refractivity contribution in [3.8, 4) is 0 Å². The Balaban J connectivity index is 2.97. The van der Waals surface area contributed by atoms with E-state index in [0.717, 1.165) is 19.4 Å². The normalized spacial score (nSPS) is 9.00. The summed E-state index contributed by atoms with van der Waals surface area (Å²) in [6, 6.07) is 0. The van der Waals surface area contributed by atoms with Crippen molar-refractivity contribution in [2.75, 3.05) is 6.54 Å². The average molecular weight is 147 g/mol. The predicted octanol–water partition coefficient (Wildman–Crippen LogP) is -0.207. The maximum absolute atomic E-state index is 10.4. The van der Waals surface area contributed by atoms with Gasteiger partial charge in [-0.1, -0.05) is 13.3 Å². The molecule has 9 heavy (non-hydrogen) atoms. The van der Waals surface area contributed by atoms with Gasteiger partial charge in [-0.3, -0.25) is 0 Å². The zero-order valence-corrected chi connectivity index (χ0v) is 7.94. The lowest BCUT2D eigenvalue weighted by Gasteiger charge is -2.00. The number of carbonyl (C=O) groups excluding carboxylic acids is 1. The summed E-state index contributed by atoms with van der Waals surface area (Å²) in [7, 11) is 0.479. The van der Waals surface area contributed by atoms with Gasteiger partial charge in [0, 0.05) is 6.54 Å². The molecule has 0 aromatic rings. The lowest BCUT2D eigenvalue weighted by Crippen LogP contribution is -2.24. The van der Waals surface area contributed by atoms with Gasteiger partial charge in [0.05, 0.1) is 0 Å². The Kier molecular flexibility index (Phi) is 5.30. The second kappa shape index (κ2) is 5.62. The molecule has 0 bridgehead atoms. The summed E-state index contributed by atoms with van der Waals surface area (Å²) in [5, 5.41) is 2.61. The third-order valence-corrected chi connectivity index (χ3v) is 1.36. The molecule has 0 aromatic heterocycles. The van der Waals surface area contributed by atoms with Crippen LogP contribution < -0.4 is 5.32 Å². The monoisotopic (exact) mass is 147 g/mol. The third-order valence-electron chi connectivity index (χ3n) is 0.985. The van der Waals surface area contributed by atoms with Crippen molar-refractivity contribution in [3.05, 3.63) is 0 Å². The summed E-state index contributed by atoms with van der Waals surface area (Å²) in [4.78, 5) is 10.4. The number of nitrogens with one attached hydrogen (secondary N) is 1. The summed E-state index contributed by atoms with van der Waals surface area (Å²) in [6.45, 7) is 2.81. The molecule has 54 valence electrons. The Morgan fingerprint density at radius 2 is 2.44 bits per heavy atom. The molecule has 0 fully saturated rings. The van der Waals surface area contributed by atoms with Crippen LogP contribution in [0.3, 0.4) is 0 Å². The maximum Gasteiger partial charge on any atom is 0.392 e. The van der Waals surface area contributed by atoms with Gasteiger partial charge in [-0.25, -0.2) is 4.79 Å².